The zero-order valence-corrected chi connectivity index (χ0v) is 13.2. The summed E-state index contributed by atoms with van der Waals surface area (Å²) in [4.78, 5) is 14.4. The van der Waals surface area contributed by atoms with Gasteiger partial charge in [-0.2, -0.15) is 4.98 Å². The first kappa shape index (κ1) is 15.0. The SMILES string of the molecule is CCN(c1nc(NN)nc2sccc12)C(C)CN(C)C. The summed E-state index contributed by atoms with van der Waals surface area (Å²) in [5.41, 5.74) is 2.56. The Hall–Kier alpha value is -1.44. The van der Waals surface area contributed by atoms with Crippen molar-refractivity contribution in [3.05, 3.63) is 11.4 Å². The molecule has 0 amide bonds. The van der Waals surface area contributed by atoms with Gasteiger partial charge in [0, 0.05) is 19.1 Å². The quantitative estimate of drug-likeness (QED) is 0.625. The standard InChI is InChI=1S/C13H22N6S/c1-5-19(9(2)8-18(3)4)11-10-6-7-20-12(10)16-13(15-11)17-14/h6-7,9H,5,8,14H2,1-4H3,(H,15,16,17). The van der Waals surface area contributed by atoms with E-state index in [0.717, 1.165) is 29.1 Å². The van der Waals surface area contributed by atoms with Gasteiger partial charge in [0.15, 0.2) is 0 Å². The third-order valence-electron chi connectivity index (χ3n) is 3.21. The molecule has 1 unspecified atom stereocenters. The van der Waals surface area contributed by atoms with Gasteiger partial charge in [0.2, 0.25) is 5.95 Å². The molecule has 20 heavy (non-hydrogen) atoms. The minimum atomic E-state index is 0.360. The Kier molecular flexibility index (Phi) is 4.74. The molecule has 2 aromatic rings. The number of rotatable bonds is 6. The van der Waals surface area contributed by atoms with E-state index in [9.17, 15) is 0 Å². The average molecular weight is 294 g/mol. The number of nitrogens with one attached hydrogen (secondary N) is 1. The van der Waals surface area contributed by atoms with Crippen molar-refractivity contribution in [3.8, 4) is 0 Å². The maximum atomic E-state index is 5.48. The molecule has 0 radical (unpaired) electrons. The highest BCUT2D eigenvalue weighted by atomic mass is 32.1. The lowest BCUT2D eigenvalue weighted by Crippen LogP contribution is -2.40. The largest absolute Gasteiger partial charge is 0.352 e. The maximum Gasteiger partial charge on any atom is 0.240 e. The number of thiophene rings is 1. The third-order valence-corrected chi connectivity index (χ3v) is 4.01. The normalized spacial score (nSPS) is 12.9. The molecule has 1 atom stereocenters. The summed E-state index contributed by atoms with van der Waals surface area (Å²) in [6, 6.07) is 2.43. The molecular weight excluding hydrogens is 272 g/mol. The first-order valence-electron chi connectivity index (χ1n) is 6.70. The van der Waals surface area contributed by atoms with Gasteiger partial charge in [-0.3, -0.25) is 5.43 Å². The fraction of sp³-hybridized carbons (Fsp3) is 0.538. The first-order chi connectivity index (χ1) is 9.56. The van der Waals surface area contributed by atoms with E-state index in [1.807, 2.05) is 5.38 Å². The van der Waals surface area contributed by atoms with E-state index >= 15 is 0 Å². The van der Waals surface area contributed by atoms with Crippen molar-refractivity contribution in [3.63, 3.8) is 0 Å². The Morgan fingerprint density at radius 2 is 2.15 bits per heavy atom. The van der Waals surface area contributed by atoms with Crippen LogP contribution in [0, 0.1) is 0 Å². The number of anilines is 2. The summed E-state index contributed by atoms with van der Waals surface area (Å²) >= 11 is 1.60. The van der Waals surface area contributed by atoms with Crippen LogP contribution in [-0.4, -0.2) is 48.1 Å². The van der Waals surface area contributed by atoms with Crippen LogP contribution in [0.5, 0.6) is 0 Å². The molecule has 2 aromatic heterocycles. The lowest BCUT2D eigenvalue weighted by Gasteiger charge is -2.31. The van der Waals surface area contributed by atoms with Crippen molar-refractivity contribution < 1.29 is 0 Å². The number of nitrogens with zero attached hydrogens (tertiary/aromatic N) is 4. The van der Waals surface area contributed by atoms with Crippen LogP contribution in [0.1, 0.15) is 13.8 Å². The molecule has 0 spiro atoms. The zero-order valence-electron chi connectivity index (χ0n) is 12.4. The maximum absolute atomic E-state index is 5.48. The number of hydrazine groups is 1. The first-order valence-corrected chi connectivity index (χ1v) is 7.58. The highest BCUT2D eigenvalue weighted by Crippen LogP contribution is 2.30. The Morgan fingerprint density at radius 3 is 2.75 bits per heavy atom. The van der Waals surface area contributed by atoms with Crippen LogP contribution in [0.4, 0.5) is 11.8 Å². The van der Waals surface area contributed by atoms with Crippen LogP contribution in [0.2, 0.25) is 0 Å². The van der Waals surface area contributed by atoms with E-state index in [1.165, 1.54) is 0 Å². The van der Waals surface area contributed by atoms with Crippen molar-refractivity contribution in [2.45, 2.75) is 19.9 Å². The molecule has 2 heterocycles. The highest BCUT2D eigenvalue weighted by molar-refractivity contribution is 7.16. The smallest absolute Gasteiger partial charge is 0.240 e. The minimum Gasteiger partial charge on any atom is -0.352 e. The number of fused-ring (bicyclic) bond motifs is 1. The summed E-state index contributed by atoms with van der Waals surface area (Å²) in [7, 11) is 4.16. The molecule has 2 rings (SSSR count). The van der Waals surface area contributed by atoms with Crippen LogP contribution in [0.15, 0.2) is 11.4 Å². The molecule has 3 N–H and O–H groups in total. The Bertz CT molecular complexity index is 567. The fourth-order valence-corrected chi connectivity index (χ4v) is 3.18. The van der Waals surface area contributed by atoms with Crippen LogP contribution >= 0.6 is 11.3 Å². The Labute approximate surface area is 123 Å². The van der Waals surface area contributed by atoms with Crippen molar-refractivity contribution in [1.82, 2.24) is 14.9 Å². The monoisotopic (exact) mass is 294 g/mol. The van der Waals surface area contributed by atoms with Gasteiger partial charge >= 0.3 is 0 Å². The zero-order chi connectivity index (χ0) is 14.7. The lowest BCUT2D eigenvalue weighted by atomic mass is 10.2. The summed E-state index contributed by atoms with van der Waals surface area (Å²) in [6.07, 6.45) is 0. The molecule has 0 aliphatic heterocycles. The topological polar surface area (TPSA) is 70.3 Å². The molecule has 7 heteroatoms. The number of hydrogen-bond acceptors (Lipinski definition) is 7. The van der Waals surface area contributed by atoms with Crippen molar-refractivity contribution in [1.29, 1.82) is 0 Å². The summed E-state index contributed by atoms with van der Waals surface area (Å²) < 4.78 is 0. The summed E-state index contributed by atoms with van der Waals surface area (Å²) in [6.45, 7) is 6.21. The van der Waals surface area contributed by atoms with E-state index in [-0.39, 0.29) is 0 Å². The third kappa shape index (κ3) is 3.00. The second-order valence-corrected chi connectivity index (χ2v) is 5.95. The van der Waals surface area contributed by atoms with Gasteiger partial charge in [0.1, 0.15) is 10.6 Å². The number of likely N-dealkylation sites (N-methyl/N-ethyl adjacent to an activating group) is 2. The molecule has 0 bridgehead atoms. The second-order valence-electron chi connectivity index (χ2n) is 5.05. The summed E-state index contributed by atoms with van der Waals surface area (Å²) in [5.74, 6) is 6.89. The Balaban J connectivity index is 2.44. The van der Waals surface area contributed by atoms with Crippen molar-refractivity contribution in [2.75, 3.05) is 37.5 Å². The molecule has 6 nitrogen and oxygen atoms in total. The van der Waals surface area contributed by atoms with E-state index in [1.54, 1.807) is 11.3 Å². The van der Waals surface area contributed by atoms with Crippen molar-refractivity contribution >= 4 is 33.3 Å². The molecule has 0 aliphatic rings. The van der Waals surface area contributed by atoms with E-state index in [2.05, 4.69) is 59.2 Å². The molecule has 0 fully saturated rings. The number of nitrogens with two attached hydrogens (primary N) is 1. The lowest BCUT2D eigenvalue weighted by molar-refractivity contribution is 0.372. The van der Waals surface area contributed by atoms with Gasteiger partial charge in [0.25, 0.3) is 0 Å². The van der Waals surface area contributed by atoms with Gasteiger partial charge in [-0.05, 0) is 39.4 Å². The predicted molar refractivity (Wildman–Crippen MR) is 86.3 cm³/mol. The van der Waals surface area contributed by atoms with Gasteiger partial charge in [-0.25, -0.2) is 10.8 Å². The number of hydrogen-bond donors (Lipinski definition) is 2. The van der Waals surface area contributed by atoms with E-state index < -0.39 is 0 Å². The average Bonchev–Trinajstić information content (AvgIpc) is 2.86. The molecule has 110 valence electrons. The second kappa shape index (κ2) is 6.34. The van der Waals surface area contributed by atoms with Crippen LogP contribution < -0.4 is 16.2 Å². The van der Waals surface area contributed by atoms with E-state index in [0.29, 0.717) is 12.0 Å². The molecule has 0 aromatic carbocycles. The van der Waals surface area contributed by atoms with Gasteiger partial charge in [-0.15, -0.1) is 11.3 Å². The summed E-state index contributed by atoms with van der Waals surface area (Å²) in [5, 5.41) is 3.12. The van der Waals surface area contributed by atoms with E-state index in [4.69, 9.17) is 5.84 Å². The Morgan fingerprint density at radius 1 is 1.40 bits per heavy atom. The molecule has 0 saturated carbocycles. The molecule has 0 aliphatic carbocycles. The van der Waals surface area contributed by atoms with Gasteiger partial charge in [-0.1, -0.05) is 0 Å². The van der Waals surface area contributed by atoms with Crippen LogP contribution in [0.25, 0.3) is 10.2 Å². The van der Waals surface area contributed by atoms with Crippen LogP contribution in [0.3, 0.4) is 0 Å². The molecule has 0 saturated heterocycles. The number of nitrogen functional groups attached to an aromatic ring is 1. The molecular formula is C13H22N6S. The van der Waals surface area contributed by atoms with Crippen molar-refractivity contribution in [2.24, 2.45) is 5.84 Å². The predicted octanol–water partition coefficient (Wildman–Crippen LogP) is 1.75. The number of aromatic nitrogens is 2. The van der Waals surface area contributed by atoms with Gasteiger partial charge in [0.05, 0.1) is 5.39 Å². The fourth-order valence-electron chi connectivity index (χ4n) is 2.42. The highest BCUT2D eigenvalue weighted by Gasteiger charge is 2.19. The minimum absolute atomic E-state index is 0.360. The van der Waals surface area contributed by atoms with Crippen LogP contribution in [-0.2, 0) is 0 Å². The van der Waals surface area contributed by atoms with Gasteiger partial charge < -0.3 is 9.80 Å².